The molecule has 2 heterocycles. The van der Waals surface area contributed by atoms with Crippen molar-refractivity contribution in [3.8, 4) is 0 Å². The minimum absolute atomic E-state index is 0.242. The highest BCUT2D eigenvalue weighted by atomic mass is 16.5. The molecule has 6 heteroatoms. The second-order valence-corrected chi connectivity index (χ2v) is 5.02. The smallest absolute Gasteiger partial charge is 0.329 e. The van der Waals surface area contributed by atoms with Crippen LogP contribution in [0.5, 0.6) is 0 Å². The van der Waals surface area contributed by atoms with E-state index in [1.54, 1.807) is 31.7 Å². The molecule has 0 saturated carbocycles. The van der Waals surface area contributed by atoms with Crippen LogP contribution in [0.25, 0.3) is 11.2 Å². The predicted molar refractivity (Wildman–Crippen MR) is 69.9 cm³/mol. The molecule has 6 nitrogen and oxygen atoms in total. The zero-order chi connectivity index (χ0) is 14.2. The summed E-state index contributed by atoms with van der Waals surface area (Å²) in [5, 5.41) is 9.40. The van der Waals surface area contributed by atoms with Gasteiger partial charge in [-0.1, -0.05) is 0 Å². The van der Waals surface area contributed by atoms with Crippen LogP contribution in [-0.4, -0.2) is 32.7 Å². The first-order chi connectivity index (χ1) is 8.87. The van der Waals surface area contributed by atoms with Gasteiger partial charge in [-0.25, -0.2) is 14.8 Å². The third-order valence-corrected chi connectivity index (χ3v) is 3.06. The van der Waals surface area contributed by atoms with Crippen molar-refractivity contribution in [2.24, 2.45) is 0 Å². The normalized spacial score (nSPS) is 12.0. The van der Waals surface area contributed by atoms with Crippen molar-refractivity contribution in [1.29, 1.82) is 0 Å². The van der Waals surface area contributed by atoms with E-state index in [2.05, 4.69) is 9.97 Å². The van der Waals surface area contributed by atoms with Gasteiger partial charge in [0.05, 0.1) is 0 Å². The summed E-state index contributed by atoms with van der Waals surface area (Å²) in [6, 6.07) is 1.88. The number of pyridine rings is 1. The van der Waals surface area contributed by atoms with Gasteiger partial charge in [0.25, 0.3) is 0 Å². The summed E-state index contributed by atoms with van der Waals surface area (Å²) in [4.78, 5) is 20.2. The Hall–Kier alpha value is -1.95. The van der Waals surface area contributed by atoms with Crippen molar-refractivity contribution < 1.29 is 14.6 Å². The maximum atomic E-state index is 11.5. The number of aryl methyl sites for hydroxylation is 1. The van der Waals surface area contributed by atoms with E-state index in [4.69, 9.17) is 4.74 Å². The van der Waals surface area contributed by atoms with Gasteiger partial charge in [-0.05, 0) is 32.4 Å². The number of carbonyl (C=O) groups is 1. The van der Waals surface area contributed by atoms with Crippen LogP contribution in [0.3, 0.4) is 0 Å². The fraction of sp³-hybridized carbons (Fsp3) is 0.462. The number of ether oxygens (including phenoxy) is 1. The number of aliphatic carboxylic acids is 1. The summed E-state index contributed by atoms with van der Waals surface area (Å²) in [5.41, 5.74) is 1.09. The van der Waals surface area contributed by atoms with Crippen molar-refractivity contribution in [2.75, 3.05) is 7.11 Å². The first-order valence-electron chi connectivity index (χ1n) is 5.94. The number of imidazole rings is 1. The third kappa shape index (κ3) is 2.19. The molecule has 0 aliphatic heterocycles. The highest BCUT2D eigenvalue weighted by Crippen LogP contribution is 2.25. The Kier molecular flexibility index (Phi) is 3.28. The van der Waals surface area contributed by atoms with Crippen molar-refractivity contribution >= 4 is 17.1 Å². The van der Waals surface area contributed by atoms with E-state index in [-0.39, 0.29) is 6.61 Å². The molecule has 0 spiro atoms. The lowest BCUT2D eigenvalue weighted by atomic mass is 10.1. The molecule has 0 radical (unpaired) electrons. The Morgan fingerprint density at radius 1 is 1.53 bits per heavy atom. The molecule has 0 aromatic carbocycles. The fourth-order valence-corrected chi connectivity index (χ4v) is 2.02. The SMILES string of the molecule is COCc1nc2cc(C)cnc2n1C(C)(C)C(=O)O. The molecule has 0 atom stereocenters. The Bertz CT molecular complexity index is 631. The summed E-state index contributed by atoms with van der Waals surface area (Å²) in [6.45, 7) is 5.41. The molecular weight excluding hydrogens is 246 g/mol. The van der Waals surface area contributed by atoms with Gasteiger partial charge in [-0.2, -0.15) is 0 Å². The monoisotopic (exact) mass is 263 g/mol. The van der Waals surface area contributed by atoms with Gasteiger partial charge in [0, 0.05) is 13.3 Å². The summed E-state index contributed by atoms with van der Waals surface area (Å²) in [6.07, 6.45) is 1.70. The van der Waals surface area contributed by atoms with Crippen LogP contribution in [0.2, 0.25) is 0 Å². The van der Waals surface area contributed by atoms with Gasteiger partial charge < -0.3 is 9.84 Å². The lowest BCUT2D eigenvalue weighted by molar-refractivity contribution is -0.145. The number of methoxy groups -OCH3 is 1. The Labute approximate surface area is 111 Å². The van der Waals surface area contributed by atoms with Gasteiger partial charge in [-0.15, -0.1) is 0 Å². The number of aromatic nitrogens is 3. The number of hydrogen-bond acceptors (Lipinski definition) is 4. The van der Waals surface area contributed by atoms with Gasteiger partial charge >= 0.3 is 5.97 Å². The zero-order valence-electron chi connectivity index (χ0n) is 11.5. The minimum atomic E-state index is -1.13. The molecule has 2 aromatic rings. The van der Waals surface area contributed by atoms with Crippen LogP contribution in [0.1, 0.15) is 25.2 Å². The van der Waals surface area contributed by atoms with E-state index in [1.165, 1.54) is 0 Å². The van der Waals surface area contributed by atoms with Gasteiger partial charge in [0.1, 0.15) is 23.5 Å². The maximum Gasteiger partial charge on any atom is 0.329 e. The van der Waals surface area contributed by atoms with Crippen LogP contribution < -0.4 is 0 Å². The third-order valence-electron chi connectivity index (χ3n) is 3.06. The molecule has 19 heavy (non-hydrogen) atoms. The summed E-state index contributed by atoms with van der Waals surface area (Å²) in [7, 11) is 1.55. The standard InChI is InChI=1S/C13H17N3O3/c1-8-5-9-11(14-6-8)16(10(15-9)7-19-4)13(2,3)12(17)18/h5-6H,7H2,1-4H3,(H,17,18). The van der Waals surface area contributed by atoms with Crippen molar-refractivity contribution in [1.82, 2.24) is 14.5 Å². The van der Waals surface area contributed by atoms with Crippen LogP contribution in [0.15, 0.2) is 12.3 Å². The van der Waals surface area contributed by atoms with Crippen molar-refractivity contribution in [2.45, 2.75) is 32.9 Å². The van der Waals surface area contributed by atoms with Gasteiger partial charge in [0.15, 0.2) is 5.65 Å². The molecule has 0 aliphatic rings. The average molecular weight is 263 g/mol. The topological polar surface area (TPSA) is 77.2 Å². The van der Waals surface area contributed by atoms with Crippen LogP contribution in [0.4, 0.5) is 0 Å². The fourth-order valence-electron chi connectivity index (χ4n) is 2.02. The summed E-state index contributed by atoms with van der Waals surface area (Å²) in [5.74, 6) is -0.380. The molecule has 2 aromatic heterocycles. The number of carboxylic acid groups (broad SMARTS) is 1. The van der Waals surface area contributed by atoms with E-state index in [0.29, 0.717) is 17.0 Å². The molecule has 0 saturated heterocycles. The molecule has 102 valence electrons. The number of hydrogen-bond donors (Lipinski definition) is 1. The van der Waals surface area contributed by atoms with Gasteiger partial charge in [-0.3, -0.25) is 4.57 Å². The maximum absolute atomic E-state index is 11.5. The average Bonchev–Trinajstić information content (AvgIpc) is 2.66. The predicted octanol–water partition coefficient (Wildman–Crippen LogP) is 1.71. The molecule has 0 unspecified atom stereocenters. The van der Waals surface area contributed by atoms with E-state index in [1.807, 2.05) is 13.0 Å². The molecule has 1 N–H and O–H groups in total. The minimum Gasteiger partial charge on any atom is -0.480 e. The molecule has 0 amide bonds. The molecular formula is C13H17N3O3. The lowest BCUT2D eigenvalue weighted by Crippen LogP contribution is -2.37. The molecule has 2 rings (SSSR count). The Balaban J connectivity index is 2.75. The van der Waals surface area contributed by atoms with Gasteiger partial charge in [0.2, 0.25) is 0 Å². The number of rotatable bonds is 4. The van der Waals surface area contributed by atoms with E-state index in [0.717, 1.165) is 5.56 Å². The summed E-state index contributed by atoms with van der Waals surface area (Å²) < 4.78 is 6.72. The molecule has 0 fully saturated rings. The van der Waals surface area contributed by atoms with E-state index < -0.39 is 11.5 Å². The first kappa shape index (κ1) is 13.5. The second-order valence-electron chi connectivity index (χ2n) is 5.02. The largest absolute Gasteiger partial charge is 0.480 e. The highest BCUT2D eigenvalue weighted by Gasteiger charge is 2.33. The van der Waals surface area contributed by atoms with Crippen LogP contribution in [0, 0.1) is 6.92 Å². The van der Waals surface area contributed by atoms with Crippen LogP contribution in [-0.2, 0) is 21.7 Å². The van der Waals surface area contributed by atoms with Crippen molar-refractivity contribution in [3.63, 3.8) is 0 Å². The van der Waals surface area contributed by atoms with E-state index in [9.17, 15) is 9.90 Å². The number of carboxylic acids is 1. The van der Waals surface area contributed by atoms with Crippen molar-refractivity contribution in [3.05, 3.63) is 23.7 Å². The zero-order valence-corrected chi connectivity index (χ0v) is 11.5. The number of nitrogens with zero attached hydrogens (tertiary/aromatic N) is 3. The van der Waals surface area contributed by atoms with Crippen LogP contribution >= 0.6 is 0 Å². The Morgan fingerprint density at radius 3 is 2.79 bits per heavy atom. The summed E-state index contributed by atoms with van der Waals surface area (Å²) >= 11 is 0. The molecule has 0 aliphatic carbocycles. The first-order valence-corrected chi connectivity index (χ1v) is 5.94. The number of fused-ring (bicyclic) bond motifs is 1. The molecule has 0 bridgehead atoms. The lowest BCUT2D eigenvalue weighted by Gasteiger charge is -2.23. The highest BCUT2D eigenvalue weighted by molar-refractivity contribution is 5.80. The Morgan fingerprint density at radius 2 is 2.21 bits per heavy atom. The quantitative estimate of drug-likeness (QED) is 0.908. The van der Waals surface area contributed by atoms with E-state index >= 15 is 0 Å². The second kappa shape index (κ2) is 4.62.